The van der Waals surface area contributed by atoms with Crippen molar-refractivity contribution >= 4 is 22.2 Å². The molecule has 0 bridgehead atoms. The highest BCUT2D eigenvalue weighted by Gasteiger charge is 2.16. The lowest BCUT2D eigenvalue weighted by atomic mass is 10.1. The monoisotopic (exact) mass is 307 g/mol. The summed E-state index contributed by atoms with van der Waals surface area (Å²) >= 11 is 1.35. The van der Waals surface area contributed by atoms with Gasteiger partial charge in [-0.25, -0.2) is 13.8 Å². The Kier molecular flexibility index (Phi) is 3.96. The molecule has 1 saturated carbocycles. The summed E-state index contributed by atoms with van der Waals surface area (Å²) in [6, 6.07) is 3.49. The van der Waals surface area contributed by atoms with E-state index in [0.717, 1.165) is 24.6 Å². The molecule has 1 heterocycles. The molecular formula is C15H15F2N3S. The number of hydrogen-bond acceptors (Lipinski definition) is 4. The molecule has 0 saturated heterocycles. The highest BCUT2D eigenvalue weighted by atomic mass is 32.1. The van der Waals surface area contributed by atoms with Crippen molar-refractivity contribution in [3.05, 3.63) is 35.2 Å². The van der Waals surface area contributed by atoms with Crippen molar-refractivity contribution in [1.29, 1.82) is 0 Å². The van der Waals surface area contributed by atoms with E-state index in [2.05, 4.69) is 22.4 Å². The molecule has 1 aromatic heterocycles. The van der Waals surface area contributed by atoms with E-state index in [4.69, 9.17) is 0 Å². The Morgan fingerprint density at radius 3 is 2.95 bits per heavy atom. The zero-order valence-electron chi connectivity index (χ0n) is 11.6. The topological polar surface area (TPSA) is 37.3 Å². The van der Waals surface area contributed by atoms with E-state index in [1.165, 1.54) is 29.9 Å². The van der Waals surface area contributed by atoms with Crippen molar-refractivity contribution in [1.82, 2.24) is 4.98 Å². The molecule has 1 unspecified atom stereocenters. The minimum absolute atomic E-state index is 0.294. The third-order valence-electron chi connectivity index (χ3n) is 3.53. The van der Waals surface area contributed by atoms with E-state index >= 15 is 0 Å². The van der Waals surface area contributed by atoms with Crippen LogP contribution in [0.25, 0.3) is 11.3 Å². The average molecular weight is 307 g/mol. The lowest BCUT2D eigenvalue weighted by Gasteiger charge is -1.99. The molecule has 3 rings (SSSR count). The second-order valence-corrected chi connectivity index (χ2v) is 6.16. The van der Waals surface area contributed by atoms with Gasteiger partial charge in [-0.3, -0.25) is 5.43 Å². The smallest absolute Gasteiger partial charge is 0.203 e. The van der Waals surface area contributed by atoms with Crippen LogP contribution in [0.15, 0.2) is 28.7 Å². The summed E-state index contributed by atoms with van der Waals surface area (Å²) in [5.41, 5.74) is 4.85. The lowest BCUT2D eigenvalue weighted by molar-refractivity contribution is 0.585. The molecule has 6 heteroatoms. The molecule has 0 radical (unpaired) electrons. The van der Waals surface area contributed by atoms with Crippen LogP contribution in [-0.4, -0.2) is 10.7 Å². The van der Waals surface area contributed by atoms with Gasteiger partial charge in [-0.15, -0.1) is 11.3 Å². The summed E-state index contributed by atoms with van der Waals surface area (Å²) in [6.07, 6.45) is 3.20. The molecule has 1 aliphatic rings. The van der Waals surface area contributed by atoms with Gasteiger partial charge in [0.15, 0.2) is 0 Å². The van der Waals surface area contributed by atoms with Crippen molar-refractivity contribution in [3.63, 3.8) is 0 Å². The molecule has 0 aliphatic heterocycles. The second kappa shape index (κ2) is 5.89. The maximum Gasteiger partial charge on any atom is 0.203 e. The quantitative estimate of drug-likeness (QED) is 0.836. The number of nitrogens with one attached hydrogen (secondary N) is 1. The van der Waals surface area contributed by atoms with Crippen LogP contribution < -0.4 is 5.43 Å². The van der Waals surface area contributed by atoms with Gasteiger partial charge in [-0.05, 0) is 37.3 Å². The van der Waals surface area contributed by atoms with Crippen LogP contribution in [0.3, 0.4) is 0 Å². The SMILES string of the molecule is CC1CC/C(=N/Nc2nc(-c3ccc(F)cc3F)cs2)C1. The fourth-order valence-corrected chi connectivity index (χ4v) is 3.05. The summed E-state index contributed by atoms with van der Waals surface area (Å²) < 4.78 is 26.6. The molecule has 3 nitrogen and oxygen atoms in total. The predicted octanol–water partition coefficient (Wildman–Crippen LogP) is 4.68. The lowest BCUT2D eigenvalue weighted by Crippen LogP contribution is -1.97. The van der Waals surface area contributed by atoms with Gasteiger partial charge in [0.1, 0.15) is 11.6 Å². The molecule has 110 valence electrons. The van der Waals surface area contributed by atoms with Gasteiger partial charge in [0.05, 0.1) is 5.69 Å². The summed E-state index contributed by atoms with van der Waals surface area (Å²) in [5.74, 6) is -0.514. The summed E-state index contributed by atoms with van der Waals surface area (Å²) in [4.78, 5) is 4.29. The van der Waals surface area contributed by atoms with Gasteiger partial charge in [-0.2, -0.15) is 5.10 Å². The van der Waals surface area contributed by atoms with Gasteiger partial charge in [0.2, 0.25) is 5.13 Å². The van der Waals surface area contributed by atoms with Crippen LogP contribution in [-0.2, 0) is 0 Å². The van der Waals surface area contributed by atoms with Crippen LogP contribution >= 0.6 is 11.3 Å². The first-order valence-corrected chi connectivity index (χ1v) is 7.72. The molecule has 0 amide bonds. The summed E-state index contributed by atoms with van der Waals surface area (Å²) in [6.45, 7) is 2.21. The summed E-state index contributed by atoms with van der Waals surface area (Å²) in [7, 11) is 0. The number of benzene rings is 1. The third kappa shape index (κ3) is 3.26. The Labute approximate surface area is 125 Å². The predicted molar refractivity (Wildman–Crippen MR) is 81.5 cm³/mol. The maximum absolute atomic E-state index is 13.7. The fourth-order valence-electron chi connectivity index (χ4n) is 2.39. The van der Waals surface area contributed by atoms with Crippen molar-refractivity contribution in [2.24, 2.45) is 11.0 Å². The number of thiazole rings is 1. The molecule has 1 aromatic carbocycles. The number of hydrogen-bond donors (Lipinski definition) is 1. The molecule has 1 atom stereocenters. The number of hydrazone groups is 1. The average Bonchev–Trinajstić information content (AvgIpc) is 3.05. The van der Waals surface area contributed by atoms with Crippen LogP contribution in [0, 0.1) is 17.6 Å². The first kappa shape index (κ1) is 14.1. The first-order valence-electron chi connectivity index (χ1n) is 6.84. The molecule has 21 heavy (non-hydrogen) atoms. The minimum atomic E-state index is -0.609. The fraction of sp³-hybridized carbons (Fsp3) is 0.333. The highest BCUT2D eigenvalue weighted by molar-refractivity contribution is 7.14. The second-order valence-electron chi connectivity index (χ2n) is 5.30. The number of rotatable bonds is 3. The normalized spacial score (nSPS) is 20.1. The van der Waals surface area contributed by atoms with Gasteiger partial charge < -0.3 is 0 Å². The Morgan fingerprint density at radius 1 is 1.38 bits per heavy atom. The van der Waals surface area contributed by atoms with Crippen LogP contribution in [0.1, 0.15) is 26.2 Å². The molecule has 1 fully saturated rings. The van der Waals surface area contributed by atoms with Crippen LogP contribution in [0.4, 0.5) is 13.9 Å². The zero-order chi connectivity index (χ0) is 14.8. The van der Waals surface area contributed by atoms with Crippen molar-refractivity contribution in [2.75, 3.05) is 5.43 Å². The Hall–Kier alpha value is -1.82. The standard InChI is InChI=1S/C15H15F2N3S/c1-9-2-4-11(6-9)19-20-15-18-14(8-21-15)12-5-3-10(16)7-13(12)17/h3,5,7-9H,2,4,6H2,1H3,(H,18,20)/b19-11-. The van der Waals surface area contributed by atoms with E-state index in [9.17, 15) is 8.78 Å². The minimum Gasteiger partial charge on any atom is -0.253 e. The van der Waals surface area contributed by atoms with Crippen molar-refractivity contribution < 1.29 is 8.78 Å². The van der Waals surface area contributed by atoms with Crippen LogP contribution in [0.5, 0.6) is 0 Å². The van der Waals surface area contributed by atoms with Crippen LogP contribution in [0.2, 0.25) is 0 Å². The van der Waals surface area contributed by atoms with E-state index in [-0.39, 0.29) is 0 Å². The number of halogens is 2. The number of aromatic nitrogens is 1. The molecular weight excluding hydrogens is 292 g/mol. The Morgan fingerprint density at radius 2 is 2.24 bits per heavy atom. The van der Waals surface area contributed by atoms with Gasteiger partial charge >= 0.3 is 0 Å². The van der Waals surface area contributed by atoms with E-state index < -0.39 is 11.6 Å². The number of anilines is 1. The molecule has 2 aromatic rings. The van der Waals surface area contributed by atoms with Crippen molar-refractivity contribution in [2.45, 2.75) is 26.2 Å². The van der Waals surface area contributed by atoms with Gasteiger partial charge in [0, 0.05) is 22.7 Å². The maximum atomic E-state index is 13.7. The number of nitrogens with zero attached hydrogens (tertiary/aromatic N) is 2. The van der Waals surface area contributed by atoms with E-state index in [1.807, 2.05) is 0 Å². The highest BCUT2D eigenvalue weighted by Crippen LogP contribution is 2.28. The zero-order valence-corrected chi connectivity index (χ0v) is 12.4. The molecule has 0 spiro atoms. The summed E-state index contributed by atoms with van der Waals surface area (Å²) in [5, 5.41) is 6.69. The van der Waals surface area contributed by atoms with Crippen molar-refractivity contribution in [3.8, 4) is 11.3 Å². The largest absolute Gasteiger partial charge is 0.253 e. The molecule has 1 aliphatic carbocycles. The Balaban J connectivity index is 1.74. The van der Waals surface area contributed by atoms with Gasteiger partial charge in [-0.1, -0.05) is 6.92 Å². The van der Waals surface area contributed by atoms with Gasteiger partial charge in [0.25, 0.3) is 0 Å². The Bertz CT molecular complexity index is 681. The van der Waals surface area contributed by atoms with E-state index in [0.29, 0.717) is 22.3 Å². The third-order valence-corrected chi connectivity index (χ3v) is 4.28. The molecule has 1 N–H and O–H groups in total. The van der Waals surface area contributed by atoms with E-state index in [1.54, 1.807) is 5.38 Å². The first-order chi connectivity index (χ1) is 10.1.